The molecule has 0 amide bonds. The van der Waals surface area contributed by atoms with E-state index in [1.807, 2.05) is 0 Å². The molecule has 1 fully saturated rings. The summed E-state index contributed by atoms with van der Waals surface area (Å²) in [7, 11) is 0. The molecule has 0 aromatic carbocycles. The fraction of sp³-hybridized carbons (Fsp3) is 0.667. The zero-order valence-corrected chi connectivity index (χ0v) is 7.70. The molecule has 1 aliphatic heterocycles. The van der Waals surface area contributed by atoms with E-state index < -0.39 is 23.8 Å². The van der Waals surface area contributed by atoms with Crippen molar-refractivity contribution in [1.82, 2.24) is 0 Å². The minimum Gasteiger partial charge on any atom is -0.393 e. The van der Waals surface area contributed by atoms with E-state index in [0.29, 0.717) is 6.42 Å². The molecule has 2 atom stereocenters. The molecular formula is C9H12O4. The van der Waals surface area contributed by atoms with Crippen molar-refractivity contribution in [2.45, 2.75) is 26.7 Å². The third kappa shape index (κ3) is 1.94. The molecule has 0 spiro atoms. The second-order valence-electron chi connectivity index (χ2n) is 3.23. The van der Waals surface area contributed by atoms with Gasteiger partial charge in [-0.15, -0.1) is 0 Å². The molecule has 2 unspecified atom stereocenters. The maximum atomic E-state index is 11.1. The van der Waals surface area contributed by atoms with Crippen molar-refractivity contribution in [2.24, 2.45) is 11.8 Å². The van der Waals surface area contributed by atoms with E-state index in [0.717, 1.165) is 0 Å². The van der Waals surface area contributed by atoms with Crippen LogP contribution in [-0.4, -0.2) is 17.7 Å². The van der Waals surface area contributed by atoms with Crippen LogP contribution >= 0.6 is 0 Å². The van der Waals surface area contributed by atoms with Gasteiger partial charge >= 0.3 is 11.9 Å². The lowest BCUT2D eigenvalue weighted by atomic mass is 9.91. The normalized spacial score (nSPS) is 27.5. The molecule has 1 rings (SSSR count). The SMILES string of the molecule is CCC(=O)CC1C(=O)OC(=O)C1C. The van der Waals surface area contributed by atoms with E-state index in [4.69, 9.17) is 0 Å². The van der Waals surface area contributed by atoms with Crippen molar-refractivity contribution < 1.29 is 19.1 Å². The highest BCUT2D eigenvalue weighted by Gasteiger charge is 2.41. The average molecular weight is 184 g/mol. The van der Waals surface area contributed by atoms with Crippen LogP contribution in [0.1, 0.15) is 26.7 Å². The molecule has 0 radical (unpaired) electrons. The van der Waals surface area contributed by atoms with Gasteiger partial charge in [0.25, 0.3) is 0 Å². The Morgan fingerprint density at radius 1 is 1.38 bits per heavy atom. The van der Waals surface area contributed by atoms with Crippen LogP contribution in [0.25, 0.3) is 0 Å². The van der Waals surface area contributed by atoms with Gasteiger partial charge in [-0.05, 0) is 0 Å². The number of ketones is 1. The summed E-state index contributed by atoms with van der Waals surface area (Å²) in [6, 6.07) is 0. The minimum absolute atomic E-state index is 0.0106. The Morgan fingerprint density at radius 3 is 2.38 bits per heavy atom. The minimum atomic E-state index is -0.556. The predicted octanol–water partition coefficient (Wildman–Crippen LogP) is 0.691. The molecule has 0 aromatic heterocycles. The third-order valence-electron chi connectivity index (χ3n) is 2.32. The molecule has 1 saturated heterocycles. The second kappa shape index (κ2) is 3.68. The van der Waals surface area contributed by atoms with Crippen LogP contribution in [0.2, 0.25) is 0 Å². The first-order chi connectivity index (χ1) is 6.06. The Balaban J connectivity index is 2.64. The van der Waals surface area contributed by atoms with Crippen molar-refractivity contribution in [3.8, 4) is 0 Å². The van der Waals surface area contributed by atoms with Crippen LogP contribution in [0.3, 0.4) is 0 Å². The van der Waals surface area contributed by atoms with E-state index in [9.17, 15) is 14.4 Å². The summed E-state index contributed by atoms with van der Waals surface area (Å²) >= 11 is 0. The molecule has 72 valence electrons. The van der Waals surface area contributed by atoms with Gasteiger partial charge in [0.15, 0.2) is 0 Å². The van der Waals surface area contributed by atoms with Crippen molar-refractivity contribution in [3.05, 3.63) is 0 Å². The number of Topliss-reactive ketones (excluding diaryl/α,β-unsaturated/α-hetero) is 1. The Morgan fingerprint density at radius 2 is 2.00 bits per heavy atom. The summed E-state index contributed by atoms with van der Waals surface area (Å²) in [5.41, 5.74) is 0. The van der Waals surface area contributed by atoms with E-state index in [1.54, 1.807) is 13.8 Å². The molecular weight excluding hydrogens is 172 g/mol. The molecule has 1 heterocycles. The van der Waals surface area contributed by atoms with Gasteiger partial charge in [0, 0.05) is 12.8 Å². The lowest BCUT2D eigenvalue weighted by Gasteiger charge is -2.05. The van der Waals surface area contributed by atoms with Gasteiger partial charge in [-0.1, -0.05) is 13.8 Å². The van der Waals surface area contributed by atoms with Crippen LogP contribution in [0.4, 0.5) is 0 Å². The van der Waals surface area contributed by atoms with Gasteiger partial charge in [-0.2, -0.15) is 0 Å². The molecule has 0 N–H and O–H groups in total. The highest BCUT2D eigenvalue weighted by atomic mass is 16.6. The topological polar surface area (TPSA) is 60.4 Å². The maximum Gasteiger partial charge on any atom is 0.317 e. The number of cyclic esters (lactones) is 2. The smallest absolute Gasteiger partial charge is 0.317 e. The van der Waals surface area contributed by atoms with Gasteiger partial charge < -0.3 is 4.74 Å². The zero-order valence-electron chi connectivity index (χ0n) is 7.70. The highest BCUT2D eigenvalue weighted by molar-refractivity contribution is 5.98. The molecule has 0 aliphatic carbocycles. The summed E-state index contributed by atoms with van der Waals surface area (Å²) in [6.07, 6.45) is 0.521. The van der Waals surface area contributed by atoms with Gasteiger partial charge in [-0.3, -0.25) is 14.4 Å². The first-order valence-corrected chi connectivity index (χ1v) is 4.33. The summed E-state index contributed by atoms with van der Waals surface area (Å²) in [4.78, 5) is 33.0. The lowest BCUT2D eigenvalue weighted by Crippen LogP contribution is -2.18. The molecule has 4 heteroatoms. The van der Waals surface area contributed by atoms with Gasteiger partial charge in [0.2, 0.25) is 0 Å². The number of carbonyl (C=O) groups is 3. The Bertz CT molecular complexity index is 256. The monoisotopic (exact) mass is 184 g/mol. The predicted molar refractivity (Wildman–Crippen MR) is 43.7 cm³/mol. The first-order valence-electron chi connectivity index (χ1n) is 4.33. The number of ether oxygens (including phenoxy) is 1. The second-order valence-corrected chi connectivity index (χ2v) is 3.23. The quantitative estimate of drug-likeness (QED) is 0.478. The summed E-state index contributed by atoms with van der Waals surface area (Å²) in [6.45, 7) is 3.34. The molecule has 4 nitrogen and oxygen atoms in total. The standard InChI is InChI=1S/C9H12O4/c1-3-6(10)4-7-5(2)8(11)13-9(7)12/h5,7H,3-4H2,1-2H3. The van der Waals surface area contributed by atoms with Crippen molar-refractivity contribution in [3.63, 3.8) is 0 Å². The van der Waals surface area contributed by atoms with Crippen LogP contribution in [-0.2, 0) is 19.1 Å². The van der Waals surface area contributed by atoms with Crippen LogP contribution in [0, 0.1) is 11.8 Å². The summed E-state index contributed by atoms with van der Waals surface area (Å²) in [5.74, 6) is -2.11. The summed E-state index contributed by atoms with van der Waals surface area (Å²) < 4.78 is 4.40. The molecule has 0 saturated carbocycles. The molecule has 0 aromatic rings. The van der Waals surface area contributed by atoms with E-state index >= 15 is 0 Å². The van der Waals surface area contributed by atoms with E-state index in [2.05, 4.69) is 4.74 Å². The van der Waals surface area contributed by atoms with Crippen molar-refractivity contribution >= 4 is 17.7 Å². The number of carbonyl (C=O) groups excluding carboxylic acids is 3. The fourth-order valence-electron chi connectivity index (χ4n) is 1.29. The number of hydrogen-bond acceptors (Lipinski definition) is 4. The Kier molecular flexibility index (Phi) is 2.80. The maximum absolute atomic E-state index is 11.1. The first kappa shape index (κ1) is 9.89. The Hall–Kier alpha value is -1.19. The van der Waals surface area contributed by atoms with Crippen molar-refractivity contribution in [1.29, 1.82) is 0 Å². The van der Waals surface area contributed by atoms with Crippen LogP contribution < -0.4 is 0 Å². The summed E-state index contributed by atoms with van der Waals surface area (Å²) in [5, 5.41) is 0. The van der Waals surface area contributed by atoms with Crippen LogP contribution in [0.15, 0.2) is 0 Å². The molecule has 0 bridgehead atoms. The third-order valence-corrected chi connectivity index (χ3v) is 2.32. The highest BCUT2D eigenvalue weighted by Crippen LogP contribution is 2.26. The van der Waals surface area contributed by atoms with Gasteiger partial charge in [-0.25, -0.2) is 0 Å². The zero-order chi connectivity index (χ0) is 10.0. The van der Waals surface area contributed by atoms with E-state index in [-0.39, 0.29) is 12.2 Å². The van der Waals surface area contributed by atoms with Crippen molar-refractivity contribution in [2.75, 3.05) is 0 Å². The van der Waals surface area contributed by atoms with E-state index in [1.165, 1.54) is 0 Å². The number of hydrogen-bond donors (Lipinski definition) is 0. The largest absolute Gasteiger partial charge is 0.393 e. The lowest BCUT2D eigenvalue weighted by molar-refractivity contribution is -0.154. The van der Waals surface area contributed by atoms with Gasteiger partial charge in [0.1, 0.15) is 5.78 Å². The average Bonchev–Trinajstić information content (AvgIpc) is 2.32. The Labute approximate surface area is 76.3 Å². The van der Waals surface area contributed by atoms with Gasteiger partial charge in [0.05, 0.1) is 11.8 Å². The number of esters is 2. The molecule has 1 aliphatic rings. The fourth-order valence-corrected chi connectivity index (χ4v) is 1.29. The molecule has 13 heavy (non-hydrogen) atoms. The number of rotatable bonds is 3. The van der Waals surface area contributed by atoms with Crippen LogP contribution in [0.5, 0.6) is 0 Å².